The van der Waals surface area contributed by atoms with Crippen LogP contribution < -0.4 is 11.1 Å². The van der Waals surface area contributed by atoms with E-state index in [4.69, 9.17) is 10.2 Å². The molecule has 0 saturated carbocycles. The van der Waals surface area contributed by atoms with Gasteiger partial charge in [-0.15, -0.1) is 36.2 Å². The van der Waals surface area contributed by atoms with Crippen molar-refractivity contribution in [3.8, 4) is 10.8 Å². The van der Waals surface area contributed by atoms with Crippen LogP contribution in [0.3, 0.4) is 0 Å². The summed E-state index contributed by atoms with van der Waals surface area (Å²) in [4.78, 5) is 16.8. The average molecular weight is 338 g/mol. The standard InChI is InChI=1S/C12H15N3O2S.2ClH/c1-7-3-4-9(17-7)12-15-8(2)10(18-12)11(16)14-6-5-13;;/h3-4H,5-6,13H2,1-2H3,(H,14,16);2*1H. The van der Waals surface area contributed by atoms with Gasteiger partial charge < -0.3 is 15.5 Å². The molecule has 3 N–H and O–H groups in total. The lowest BCUT2D eigenvalue weighted by atomic mass is 10.3. The van der Waals surface area contributed by atoms with Crippen LogP contribution in [-0.4, -0.2) is 24.0 Å². The minimum absolute atomic E-state index is 0. The number of hydrogen-bond acceptors (Lipinski definition) is 5. The van der Waals surface area contributed by atoms with Gasteiger partial charge in [-0.3, -0.25) is 4.79 Å². The smallest absolute Gasteiger partial charge is 0.263 e. The number of halogens is 2. The molecule has 0 fully saturated rings. The third kappa shape index (κ3) is 4.21. The van der Waals surface area contributed by atoms with Gasteiger partial charge in [-0.25, -0.2) is 4.98 Å². The summed E-state index contributed by atoms with van der Waals surface area (Å²) in [5.41, 5.74) is 6.06. The molecule has 0 atom stereocenters. The Balaban J connectivity index is 0.00000180. The zero-order chi connectivity index (χ0) is 13.1. The predicted octanol–water partition coefficient (Wildman–Crippen LogP) is 2.55. The van der Waals surface area contributed by atoms with E-state index in [-0.39, 0.29) is 30.7 Å². The molecule has 0 radical (unpaired) electrons. The fraction of sp³-hybridized carbons (Fsp3) is 0.333. The summed E-state index contributed by atoms with van der Waals surface area (Å²) in [5, 5.41) is 3.46. The van der Waals surface area contributed by atoms with E-state index in [2.05, 4.69) is 10.3 Å². The summed E-state index contributed by atoms with van der Waals surface area (Å²) >= 11 is 1.33. The quantitative estimate of drug-likeness (QED) is 0.898. The van der Waals surface area contributed by atoms with Crippen molar-refractivity contribution in [3.63, 3.8) is 0 Å². The topological polar surface area (TPSA) is 81.2 Å². The van der Waals surface area contributed by atoms with Gasteiger partial charge >= 0.3 is 0 Å². The summed E-state index contributed by atoms with van der Waals surface area (Å²) < 4.78 is 5.49. The van der Waals surface area contributed by atoms with E-state index in [0.29, 0.717) is 29.4 Å². The van der Waals surface area contributed by atoms with Crippen LogP contribution in [0.4, 0.5) is 0 Å². The molecule has 112 valence electrons. The van der Waals surface area contributed by atoms with Crippen LogP contribution >= 0.6 is 36.2 Å². The van der Waals surface area contributed by atoms with Crippen LogP contribution in [0.15, 0.2) is 16.5 Å². The molecule has 0 spiro atoms. The minimum Gasteiger partial charge on any atom is -0.459 e. The molecule has 20 heavy (non-hydrogen) atoms. The SMILES string of the molecule is Cc1ccc(-c2nc(C)c(C(=O)NCCN)s2)o1.Cl.Cl. The Kier molecular flexibility index (Phi) is 7.82. The van der Waals surface area contributed by atoms with Crippen molar-refractivity contribution in [2.45, 2.75) is 13.8 Å². The molecular formula is C12H17Cl2N3O2S. The second kappa shape index (κ2) is 8.26. The lowest BCUT2D eigenvalue weighted by Crippen LogP contribution is -2.28. The average Bonchev–Trinajstić information content (AvgIpc) is 2.92. The Labute approximate surface area is 133 Å². The van der Waals surface area contributed by atoms with Crippen molar-refractivity contribution in [1.82, 2.24) is 10.3 Å². The van der Waals surface area contributed by atoms with Crippen LogP contribution in [0.1, 0.15) is 21.1 Å². The van der Waals surface area contributed by atoms with E-state index >= 15 is 0 Å². The molecule has 5 nitrogen and oxygen atoms in total. The van der Waals surface area contributed by atoms with Crippen LogP contribution in [0.2, 0.25) is 0 Å². The fourth-order valence-electron chi connectivity index (χ4n) is 1.53. The summed E-state index contributed by atoms with van der Waals surface area (Å²) in [5.74, 6) is 1.38. The van der Waals surface area contributed by atoms with E-state index in [9.17, 15) is 4.79 Å². The Morgan fingerprint density at radius 3 is 2.65 bits per heavy atom. The molecule has 2 rings (SSSR count). The minimum atomic E-state index is -0.134. The second-order valence-corrected chi connectivity index (χ2v) is 4.89. The maximum absolute atomic E-state index is 11.8. The van der Waals surface area contributed by atoms with Gasteiger partial charge in [0.1, 0.15) is 10.6 Å². The number of nitrogens with one attached hydrogen (secondary N) is 1. The van der Waals surface area contributed by atoms with Crippen LogP contribution in [0.5, 0.6) is 0 Å². The van der Waals surface area contributed by atoms with E-state index in [1.807, 2.05) is 26.0 Å². The number of aromatic nitrogens is 1. The van der Waals surface area contributed by atoms with E-state index in [0.717, 1.165) is 10.8 Å². The van der Waals surface area contributed by atoms with Crippen molar-refractivity contribution in [2.24, 2.45) is 5.73 Å². The first-order chi connectivity index (χ1) is 8.61. The summed E-state index contributed by atoms with van der Waals surface area (Å²) in [6, 6.07) is 3.73. The number of thiazole rings is 1. The van der Waals surface area contributed by atoms with Crippen LogP contribution in [0.25, 0.3) is 10.8 Å². The van der Waals surface area contributed by atoms with Gasteiger partial charge in [0.25, 0.3) is 5.91 Å². The number of rotatable bonds is 4. The molecule has 2 aromatic heterocycles. The van der Waals surface area contributed by atoms with Crippen molar-refractivity contribution in [3.05, 3.63) is 28.5 Å². The van der Waals surface area contributed by atoms with Crippen molar-refractivity contribution in [1.29, 1.82) is 0 Å². The van der Waals surface area contributed by atoms with Gasteiger partial charge in [0.2, 0.25) is 0 Å². The van der Waals surface area contributed by atoms with E-state index in [1.165, 1.54) is 11.3 Å². The summed E-state index contributed by atoms with van der Waals surface area (Å²) in [7, 11) is 0. The Hall–Kier alpha value is -1.08. The number of hydrogen-bond donors (Lipinski definition) is 2. The molecular weight excluding hydrogens is 321 g/mol. The van der Waals surface area contributed by atoms with E-state index in [1.54, 1.807) is 0 Å². The lowest BCUT2D eigenvalue weighted by molar-refractivity contribution is 0.0958. The van der Waals surface area contributed by atoms with E-state index < -0.39 is 0 Å². The summed E-state index contributed by atoms with van der Waals surface area (Å²) in [6.45, 7) is 4.57. The molecule has 0 bridgehead atoms. The number of carbonyl (C=O) groups is 1. The number of carbonyl (C=O) groups excluding carboxylic acids is 1. The van der Waals surface area contributed by atoms with Crippen molar-refractivity contribution < 1.29 is 9.21 Å². The first kappa shape index (κ1) is 18.9. The first-order valence-electron chi connectivity index (χ1n) is 5.64. The number of amides is 1. The zero-order valence-electron chi connectivity index (χ0n) is 11.1. The number of nitrogens with zero attached hydrogens (tertiary/aromatic N) is 1. The molecule has 0 unspecified atom stereocenters. The van der Waals surface area contributed by atoms with Crippen molar-refractivity contribution in [2.75, 3.05) is 13.1 Å². The van der Waals surface area contributed by atoms with Gasteiger partial charge in [-0.1, -0.05) is 0 Å². The lowest BCUT2D eigenvalue weighted by Gasteiger charge is -2.00. The zero-order valence-corrected chi connectivity index (χ0v) is 13.6. The molecule has 2 heterocycles. The molecule has 0 aliphatic rings. The molecule has 0 aliphatic heterocycles. The Bertz CT molecular complexity index is 569. The highest BCUT2D eigenvalue weighted by Crippen LogP contribution is 2.29. The maximum atomic E-state index is 11.8. The normalized spacial score (nSPS) is 9.55. The summed E-state index contributed by atoms with van der Waals surface area (Å²) in [6.07, 6.45) is 0. The highest BCUT2D eigenvalue weighted by atomic mass is 35.5. The van der Waals surface area contributed by atoms with Gasteiger partial charge in [-0.05, 0) is 26.0 Å². The van der Waals surface area contributed by atoms with Gasteiger partial charge in [0.15, 0.2) is 10.8 Å². The van der Waals surface area contributed by atoms with Crippen LogP contribution in [0, 0.1) is 13.8 Å². The Morgan fingerprint density at radius 1 is 1.40 bits per heavy atom. The Morgan fingerprint density at radius 2 is 2.10 bits per heavy atom. The first-order valence-corrected chi connectivity index (χ1v) is 6.46. The predicted molar refractivity (Wildman–Crippen MR) is 85.2 cm³/mol. The third-order valence-electron chi connectivity index (χ3n) is 2.38. The number of furan rings is 1. The molecule has 1 amide bonds. The van der Waals surface area contributed by atoms with Gasteiger partial charge in [0, 0.05) is 13.1 Å². The fourth-order valence-corrected chi connectivity index (χ4v) is 2.47. The molecule has 2 aromatic rings. The monoisotopic (exact) mass is 337 g/mol. The van der Waals surface area contributed by atoms with Crippen molar-refractivity contribution >= 4 is 42.1 Å². The maximum Gasteiger partial charge on any atom is 0.263 e. The molecule has 0 aromatic carbocycles. The number of aryl methyl sites for hydroxylation is 2. The van der Waals surface area contributed by atoms with Gasteiger partial charge in [0.05, 0.1) is 5.69 Å². The number of nitrogens with two attached hydrogens (primary N) is 1. The second-order valence-electron chi connectivity index (χ2n) is 3.89. The highest BCUT2D eigenvalue weighted by Gasteiger charge is 2.17. The molecule has 0 saturated heterocycles. The molecule has 0 aliphatic carbocycles. The molecule has 8 heteroatoms. The van der Waals surface area contributed by atoms with Gasteiger partial charge in [-0.2, -0.15) is 0 Å². The van der Waals surface area contributed by atoms with Crippen LogP contribution in [-0.2, 0) is 0 Å². The third-order valence-corrected chi connectivity index (χ3v) is 3.55. The largest absolute Gasteiger partial charge is 0.459 e. The highest BCUT2D eigenvalue weighted by molar-refractivity contribution is 7.17.